The number of sulfonamides is 1. The molecule has 0 atom stereocenters. The highest BCUT2D eigenvalue weighted by molar-refractivity contribution is 7.89. The van der Waals surface area contributed by atoms with Gasteiger partial charge in [-0.2, -0.15) is 5.10 Å². The summed E-state index contributed by atoms with van der Waals surface area (Å²) in [5.41, 5.74) is 1.05. The van der Waals surface area contributed by atoms with Crippen molar-refractivity contribution in [2.75, 3.05) is 5.32 Å². The van der Waals surface area contributed by atoms with E-state index < -0.39 is 15.9 Å². The molecule has 0 aliphatic carbocycles. The molecular formula is C16H16N4O3S2. The summed E-state index contributed by atoms with van der Waals surface area (Å²) in [6.07, 6.45) is 0. The second kappa shape index (κ2) is 7.18. The van der Waals surface area contributed by atoms with Crippen molar-refractivity contribution in [2.45, 2.75) is 18.4 Å². The monoisotopic (exact) mass is 376 g/mol. The lowest BCUT2D eigenvalue weighted by molar-refractivity contribution is 0.102. The largest absolute Gasteiger partial charge is 0.305 e. The molecule has 0 spiro atoms. The summed E-state index contributed by atoms with van der Waals surface area (Å²) in [5.74, 6) is -0.0478. The molecule has 0 radical (unpaired) electrons. The topological polar surface area (TPSA) is 104 Å². The molecule has 0 aliphatic heterocycles. The Kier molecular flexibility index (Phi) is 4.98. The van der Waals surface area contributed by atoms with Gasteiger partial charge in [0.05, 0.1) is 4.90 Å². The van der Waals surface area contributed by atoms with E-state index in [4.69, 9.17) is 0 Å². The third-order valence-corrected chi connectivity index (χ3v) is 5.65. The first-order chi connectivity index (χ1) is 11.9. The van der Waals surface area contributed by atoms with Crippen LogP contribution in [0.15, 0.2) is 52.7 Å². The van der Waals surface area contributed by atoms with Crippen molar-refractivity contribution >= 4 is 33.1 Å². The highest BCUT2D eigenvalue weighted by atomic mass is 32.2. The van der Waals surface area contributed by atoms with Gasteiger partial charge in [-0.1, -0.05) is 12.1 Å². The molecule has 9 heteroatoms. The van der Waals surface area contributed by atoms with E-state index in [1.165, 1.54) is 29.5 Å². The standard InChI is InChI=1S/C16H16N4O3S2/c1-11-8-15(20-19-11)18-16(21)12-4-2-6-14(9-12)25(22,23)17-10-13-5-3-7-24-13/h2-9,17H,10H2,1H3,(H2,18,19,20,21). The van der Waals surface area contributed by atoms with Crippen LogP contribution in [0.5, 0.6) is 0 Å². The number of benzene rings is 1. The van der Waals surface area contributed by atoms with Gasteiger partial charge < -0.3 is 5.32 Å². The number of hydrogen-bond donors (Lipinski definition) is 3. The normalized spacial score (nSPS) is 11.4. The molecule has 2 aromatic heterocycles. The zero-order valence-corrected chi connectivity index (χ0v) is 14.9. The van der Waals surface area contributed by atoms with Crippen molar-refractivity contribution in [2.24, 2.45) is 0 Å². The molecule has 25 heavy (non-hydrogen) atoms. The molecule has 7 nitrogen and oxygen atoms in total. The maximum atomic E-state index is 12.4. The average Bonchev–Trinajstić information content (AvgIpc) is 3.25. The minimum Gasteiger partial charge on any atom is -0.305 e. The lowest BCUT2D eigenvalue weighted by atomic mass is 10.2. The number of amides is 1. The second-order valence-electron chi connectivity index (χ2n) is 5.32. The quantitative estimate of drug-likeness (QED) is 0.615. The van der Waals surface area contributed by atoms with Crippen LogP contribution in [-0.2, 0) is 16.6 Å². The predicted molar refractivity (Wildman–Crippen MR) is 96.1 cm³/mol. The second-order valence-corrected chi connectivity index (χ2v) is 8.12. The molecule has 1 aromatic carbocycles. The summed E-state index contributed by atoms with van der Waals surface area (Å²) in [6, 6.07) is 11.3. The molecule has 0 unspecified atom stereocenters. The van der Waals surface area contributed by atoms with Crippen molar-refractivity contribution in [3.63, 3.8) is 0 Å². The summed E-state index contributed by atoms with van der Waals surface area (Å²) in [7, 11) is -3.71. The lowest BCUT2D eigenvalue weighted by Gasteiger charge is -2.08. The Morgan fingerprint density at radius 1 is 1.24 bits per heavy atom. The van der Waals surface area contributed by atoms with Gasteiger partial charge in [0.2, 0.25) is 10.0 Å². The fourth-order valence-electron chi connectivity index (χ4n) is 2.14. The van der Waals surface area contributed by atoms with E-state index in [1.54, 1.807) is 12.1 Å². The third-order valence-electron chi connectivity index (χ3n) is 3.37. The zero-order chi connectivity index (χ0) is 17.9. The molecule has 2 heterocycles. The first kappa shape index (κ1) is 17.3. The van der Waals surface area contributed by atoms with E-state index in [-0.39, 0.29) is 17.0 Å². The number of H-pyrrole nitrogens is 1. The van der Waals surface area contributed by atoms with Crippen LogP contribution in [-0.4, -0.2) is 24.5 Å². The number of nitrogens with one attached hydrogen (secondary N) is 3. The number of hydrogen-bond acceptors (Lipinski definition) is 5. The summed E-state index contributed by atoms with van der Waals surface area (Å²) >= 11 is 1.47. The highest BCUT2D eigenvalue weighted by Crippen LogP contribution is 2.15. The smallest absolute Gasteiger partial charge is 0.256 e. The number of nitrogens with zero attached hydrogens (tertiary/aromatic N) is 1. The van der Waals surface area contributed by atoms with Gasteiger partial charge in [-0.25, -0.2) is 13.1 Å². The van der Waals surface area contributed by atoms with Crippen molar-refractivity contribution in [1.29, 1.82) is 0 Å². The van der Waals surface area contributed by atoms with Crippen LogP contribution < -0.4 is 10.0 Å². The van der Waals surface area contributed by atoms with Gasteiger partial charge in [0.15, 0.2) is 5.82 Å². The summed E-state index contributed by atoms with van der Waals surface area (Å²) < 4.78 is 27.3. The minimum absolute atomic E-state index is 0.0370. The molecule has 0 fully saturated rings. The number of aromatic amines is 1. The van der Waals surface area contributed by atoms with E-state index in [9.17, 15) is 13.2 Å². The highest BCUT2D eigenvalue weighted by Gasteiger charge is 2.17. The molecule has 3 N–H and O–H groups in total. The van der Waals surface area contributed by atoms with Crippen molar-refractivity contribution in [3.8, 4) is 0 Å². The van der Waals surface area contributed by atoms with E-state index >= 15 is 0 Å². The molecule has 0 saturated heterocycles. The summed E-state index contributed by atoms with van der Waals surface area (Å²) in [4.78, 5) is 13.2. The van der Waals surface area contributed by atoms with Gasteiger partial charge in [-0.3, -0.25) is 9.89 Å². The van der Waals surface area contributed by atoms with Crippen molar-refractivity contribution < 1.29 is 13.2 Å². The average molecular weight is 376 g/mol. The molecule has 130 valence electrons. The Bertz CT molecular complexity index is 978. The van der Waals surface area contributed by atoms with E-state index in [0.29, 0.717) is 5.82 Å². The van der Waals surface area contributed by atoms with Crippen LogP contribution in [0.4, 0.5) is 5.82 Å². The van der Waals surface area contributed by atoms with Gasteiger partial charge in [0.25, 0.3) is 5.91 Å². The van der Waals surface area contributed by atoms with Crippen LogP contribution in [0.2, 0.25) is 0 Å². The van der Waals surface area contributed by atoms with Gasteiger partial charge in [0.1, 0.15) is 0 Å². The fourth-order valence-corrected chi connectivity index (χ4v) is 3.93. The Morgan fingerprint density at radius 2 is 2.08 bits per heavy atom. The predicted octanol–water partition coefficient (Wildman–Crippen LogP) is 2.51. The van der Waals surface area contributed by atoms with Gasteiger partial charge in [-0.05, 0) is 36.6 Å². The Morgan fingerprint density at radius 3 is 2.76 bits per heavy atom. The van der Waals surface area contributed by atoms with E-state index in [2.05, 4.69) is 20.2 Å². The van der Waals surface area contributed by atoms with Crippen LogP contribution >= 0.6 is 11.3 Å². The molecule has 0 bridgehead atoms. The number of aromatic nitrogens is 2. The van der Waals surface area contributed by atoms with Crippen LogP contribution in [0.1, 0.15) is 20.9 Å². The third kappa shape index (κ3) is 4.32. The van der Waals surface area contributed by atoms with Crippen LogP contribution in [0, 0.1) is 6.92 Å². The van der Waals surface area contributed by atoms with Gasteiger partial charge >= 0.3 is 0 Å². The van der Waals surface area contributed by atoms with Crippen LogP contribution in [0.3, 0.4) is 0 Å². The van der Waals surface area contributed by atoms with E-state index in [0.717, 1.165) is 10.6 Å². The maximum Gasteiger partial charge on any atom is 0.256 e. The number of thiophene rings is 1. The van der Waals surface area contributed by atoms with Gasteiger partial charge in [0, 0.05) is 28.7 Å². The maximum absolute atomic E-state index is 12.4. The SMILES string of the molecule is Cc1cc(NC(=O)c2cccc(S(=O)(=O)NCc3cccs3)c2)n[nH]1. The van der Waals surface area contributed by atoms with Crippen molar-refractivity contribution in [3.05, 3.63) is 64.0 Å². The molecule has 0 saturated carbocycles. The lowest BCUT2D eigenvalue weighted by Crippen LogP contribution is -2.23. The number of anilines is 1. The van der Waals surface area contributed by atoms with Gasteiger partial charge in [-0.15, -0.1) is 11.3 Å². The zero-order valence-electron chi connectivity index (χ0n) is 13.3. The molecule has 1 amide bonds. The Balaban J connectivity index is 1.74. The summed E-state index contributed by atoms with van der Waals surface area (Å²) in [5, 5.41) is 11.1. The molecule has 3 rings (SSSR count). The van der Waals surface area contributed by atoms with E-state index in [1.807, 2.05) is 24.4 Å². The summed E-state index contributed by atoms with van der Waals surface area (Å²) in [6.45, 7) is 2.03. The fraction of sp³-hybridized carbons (Fsp3) is 0.125. The Hall–Kier alpha value is -2.49. The number of aryl methyl sites for hydroxylation is 1. The Labute approximate surface area is 149 Å². The van der Waals surface area contributed by atoms with Crippen molar-refractivity contribution in [1.82, 2.24) is 14.9 Å². The van der Waals surface area contributed by atoms with Crippen LogP contribution in [0.25, 0.3) is 0 Å². The number of rotatable bonds is 6. The molecular weight excluding hydrogens is 360 g/mol. The molecule has 3 aromatic rings. The minimum atomic E-state index is -3.71. The number of carbonyl (C=O) groups excluding carboxylic acids is 1. The first-order valence-corrected chi connectivity index (χ1v) is 9.76. The molecule has 0 aliphatic rings. The first-order valence-electron chi connectivity index (χ1n) is 7.39. The number of carbonyl (C=O) groups is 1.